The van der Waals surface area contributed by atoms with Crippen LogP contribution in [0, 0.1) is 0 Å². The van der Waals surface area contributed by atoms with Gasteiger partial charge in [0.15, 0.2) is 11.5 Å². The number of aromatic nitrogens is 3. The molecule has 2 aromatic heterocycles. The summed E-state index contributed by atoms with van der Waals surface area (Å²) in [7, 11) is 3.99. The molecule has 10 heteroatoms. The Morgan fingerprint density at radius 2 is 1.89 bits per heavy atom. The molecule has 0 spiro atoms. The van der Waals surface area contributed by atoms with Crippen molar-refractivity contribution in [3.63, 3.8) is 0 Å². The Morgan fingerprint density at radius 3 is 2.71 bits per heavy atom. The van der Waals surface area contributed by atoms with Gasteiger partial charge in [0.25, 0.3) is 6.43 Å². The molecule has 4 aromatic rings. The smallest absolute Gasteiger partial charge is 0.263 e. The second-order valence-electron chi connectivity index (χ2n) is 8.47. The normalized spacial score (nSPS) is 15.0. The molecule has 3 heterocycles. The van der Waals surface area contributed by atoms with Crippen molar-refractivity contribution in [3.05, 3.63) is 66.5 Å². The van der Waals surface area contributed by atoms with Crippen molar-refractivity contribution >= 4 is 34.0 Å². The predicted molar refractivity (Wildman–Crippen MR) is 130 cm³/mol. The maximum absolute atomic E-state index is 13.0. The Balaban J connectivity index is 1.29. The lowest BCUT2D eigenvalue weighted by molar-refractivity contribution is 0.0711. The minimum Gasteiger partial charge on any atom is -0.486 e. The highest BCUT2D eigenvalue weighted by atomic mass is 19.3. The average molecular weight is 479 g/mol. The van der Waals surface area contributed by atoms with Gasteiger partial charge >= 0.3 is 0 Å². The topological polar surface area (TPSA) is 84.4 Å². The Morgan fingerprint density at radius 1 is 1.00 bits per heavy atom. The third-order valence-electron chi connectivity index (χ3n) is 5.37. The molecule has 5 rings (SSSR count). The van der Waals surface area contributed by atoms with Gasteiger partial charge in [-0.2, -0.15) is 4.98 Å². The number of anilines is 4. The van der Waals surface area contributed by atoms with E-state index < -0.39 is 6.43 Å². The minimum atomic E-state index is -2.54. The highest BCUT2D eigenvalue weighted by Gasteiger charge is 2.22. The molecule has 180 valence electrons. The summed E-state index contributed by atoms with van der Waals surface area (Å²) in [6.45, 7) is 1.25. The van der Waals surface area contributed by atoms with Crippen LogP contribution in [0.1, 0.15) is 12.0 Å². The maximum Gasteiger partial charge on any atom is 0.263 e. The van der Waals surface area contributed by atoms with E-state index in [4.69, 9.17) is 9.47 Å². The van der Waals surface area contributed by atoms with E-state index in [1.54, 1.807) is 30.6 Å². The van der Waals surface area contributed by atoms with E-state index in [0.717, 1.165) is 12.2 Å². The first-order valence-electron chi connectivity index (χ1n) is 11.1. The SMILES string of the molecule is CN(C)CC1COc2cc(Nc3nccc(Nc4cnc5ccc(C(F)F)cc5c4)n3)ccc2O1. The highest BCUT2D eigenvalue weighted by molar-refractivity contribution is 5.83. The number of nitrogens with zero attached hydrogens (tertiary/aromatic N) is 4. The third kappa shape index (κ3) is 5.38. The zero-order valence-electron chi connectivity index (χ0n) is 19.2. The number of hydrogen-bond acceptors (Lipinski definition) is 8. The van der Waals surface area contributed by atoms with Crippen LogP contribution >= 0.6 is 0 Å². The van der Waals surface area contributed by atoms with Crippen LogP contribution in [-0.2, 0) is 0 Å². The Labute approximate surface area is 200 Å². The molecular weight excluding hydrogens is 454 g/mol. The Kier molecular flexibility index (Phi) is 6.28. The van der Waals surface area contributed by atoms with E-state index in [1.165, 1.54) is 12.1 Å². The van der Waals surface area contributed by atoms with Gasteiger partial charge in [-0.05, 0) is 50.5 Å². The van der Waals surface area contributed by atoms with Gasteiger partial charge in [-0.25, -0.2) is 13.8 Å². The summed E-state index contributed by atoms with van der Waals surface area (Å²) in [6.07, 6.45) is 0.690. The first-order valence-corrected chi connectivity index (χ1v) is 11.1. The number of fused-ring (bicyclic) bond motifs is 2. The van der Waals surface area contributed by atoms with Crippen LogP contribution in [0.2, 0.25) is 0 Å². The number of alkyl halides is 2. The van der Waals surface area contributed by atoms with Gasteiger partial charge in [0.2, 0.25) is 5.95 Å². The molecular formula is C25H24F2N6O2. The van der Waals surface area contributed by atoms with Crippen LogP contribution in [0.25, 0.3) is 10.9 Å². The number of ether oxygens (including phenoxy) is 2. The summed E-state index contributed by atoms with van der Waals surface area (Å²) < 4.78 is 38.0. The first-order chi connectivity index (χ1) is 16.9. The summed E-state index contributed by atoms with van der Waals surface area (Å²) in [5.74, 6) is 2.26. The van der Waals surface area contributed by atoms with Crippen molar-refractivity contribution < 1.29 is 18.3 Å². The van der Waals surface area contributed by atoms with Crippen LogP contribution < -0.4 is 20.1 Å². The van der Waals surface area contributed by atoms with Crippen molar-refractivity contribution in [2.75, 3.05) is 37.9 Å². The number of benzene rings is 2. The summed E-state index contributed by atoms with van der Waals surface area (Å²) >= 11 is 0. The van der Waals surface area contributed by atoms with Gasteiger partial charge in [0.05, 0.1) is 17.4 Å². The molecule has 1 aliphatic heterocycles. The van der Waals surface area contributed by atoms with E-state index >= 15 is 0 Å². The van der Waals surface area contributed by atoms with Gasteiger partial charge in [-0.1, -0.05) is 6.07 Å². The minimum absolute atomic E-state index is 0.0195. The standard InChI is InChI=1S/C25H24F2N6O2/c1-33(2)13-19-14-34-22-11-17(4-6-21(22)35-19)31-25-28-8-7-23(32-25)30-18-10-16-9-15(24(26)27)3-5-20(16)29-12-18/h3-12,19,24H,13-14H2,1-2H3,(H2,28,30,31,32). The number of halogens is 2. The molecule has 8 nitrogen and oxygen atoms in total. The Hall–Kier alpha value is -4.05. The quantitative estimate of drug-likeness (QED) is 0.377. The van der Waals surface area contributed by atoms with E-state index in [1.807, 2.05) is 32.3 Å². The van der Waals surface area contributed by atoms with E-state index in [2.05, 4.69) is 30.5 Å². The first kappa shape index (κ1) is 22.7. The third-order valence-corrected chi connectivity index (χ3v) is 5.37. The highest BCUT2D eigenvalue weighted by Crippen LogP contribution is 2.35. The zero-order valence-corrected chi connectivity index (χ0v) is 19.2. The lowest BCUT2D eigenvalue weighted by Crippen LogP contribution is -2.37. The summed E-state index contributed by atoms with van der Waals surface area (Å²) in [5.41, 5.74) is 1.97. The van der Waals surface area contributed by atoms with Gasteiger partial charge in [0, 0.05) is 35.4 Å². The average Bonchev–Trinajstić information content (AvgIpc) is 2.83. The molecule has 1 aliphatic rings. The lowest BCUT2D eigenvalue weighted by atomic mass is 10.1. The van der Waals surface area contributed by atoms with Crippen LogP contribution in [0.3, 0.4) is 0 Å². The monoisotopic (exact) mass is 478 g/mol. The maximum atomic E-state index is 13.0. The second kappa shape index (κ2) is 9.67. The van der Waals surface area contributed by atoms with Crippen molar-refractivity contribution in [1.82, 2.24) is 19.9 Å². The number of likely N-dealkylation sites (N-methyl/N-ethyl adjacent to an activating group) is 1. The van der Waals surface area contributed by atoms with Crippen molar-refractivity contribution in [1.29, 1.82) is 0 Å². The van der Waals surface area contributed by atoms with Crippen molar-refractivity contribution in [2.45, 2.75) is 12.5 Å². The number of rotatable bonds is 7. The molecule has 0 fully saturated rings. The summed E-state index contributed by atoms with van der Waals surface area (Å²) in [4.78, 5) is 15.2. The Bertz CT molecular complexity index is 1350. The zero-order chi connectivity index (χ0) is 24.4. The fraction of sp³-hybridized carbons (Fsp3) is 0.240. The molecule has 0 radical (unpaired) electrons. The fourth-order valence-electron chi connectivity index (χ4n) is 3.81. The van der Waals surface area contributed by atoms with Gasteiger partial charge in [-0.3, -0.25) is 4.98 Å². The molecule has 0 aliphatic carbocycles. The van der Waals surface area contributed by atoms with Crippen molar-refractivity contribution in [3.8, 4) is 11.5 Å². The molecule has 0 amide bonds. The van der Waals surface area contributed by atoms with Crippen LogP contribution in [0.5, 0.6) is 11.5 Å². The van der Waals surface area contributed by atoms with E-state index in [0.29, 0.717) is 46.5 Å². The summed E-state index contributed by atoms with van der Waals surface area (Å²) in [6, 6.07) is 13.5. The molecule has 1 atom stereocenters. The number of pyridine rings is 1. The fourth-order valence-corrected chi connectivity index (χ4v) is 3.81. The number of nitrogens with one attached hydrogen (secondary N) is 2. The van der Waals surface area contributed by atoms with Crippen LogP contribution in [-0.4, -0.2) is 53.2 Å². The van der Waals surface area contributed by atoms with Crippen LogP contribution in [0.15, 0.2) is 60.9 Å². The second-order valence-corrected chi connectivity index (χ2v) is 8.47. The molecule has 2 aromatic carbocycles. The van der Waals surface area contributed by atoms with E-state index in [9.17, 15) is 8.78 Å². The van der Waals surface area contributed by atoms with E-state index in [-0.39, 0.29) is 11.7 Å². The molecule has 0 saturated carbocycles. The van der Waals surface area contributed by atoms with Crippen molar-refractivity contribution in [2.24, 2.45) is 0 Å². The van der Waals surface area contributed by atoms with Gasteiger partial charge in [-0.15, -0.1) is 0 Å². The molecule has 0 bridgehead atoms. The molecule has 2 N–H and O–H groups in total. The molecule has 35 heavy (non-hydrogen) atoms. The lowest BCUT2D eigenvalue weighted by Gasteiger charge is -2.28. The summed E-state index contributed by atoms with van der Waals surface area (Å²) in [5, 5.41) is 6.93. The largest absolute Gasteiger partial charge is 0.486 e. The molecule has 0 saturated heterocycles. The predicted octanol–water partition coefficient (Wildman–Crippen LogP) is 5.15. The molecule has 1 unspecified atom stereocenters. The number of hydrogen-bond donors (Lipinski definition) is 2. The van der Waals surface area contributed by atoms with Crippen LogP contribution in [0.4, 0.5) is 31.9 Å². The van der Waals surface area contributed by atoms with Gasteiger partial charge < -0.3 is 25.0 Å². The van der Waals surface area contributed by atoms with Gasteiger partial charge in [0.1, 0.15) is 18.5 Å².